The van der Waals surface area contributed by atoms with Gasteiger partial charge in [-0.3, -0.25) is 9.78 Å². The van der Waals surface area contributed by atoms with Crippen molar-refractivity contribution in [2.75, 3.05) is 0 Å². The topological polar surface area (TPSA) is 34.9 Å². The van der Waals surface area contributed by atoms with Gasteiger partial charge in [-0.25, -0.2) is 0 Å². The summed E-state index contributed by atoms with van der Waals surface area (Å²) in [5, 5.41) is 4.52. The van der Waals surface area contributed by atoms with Crippen LogP contribution in [0.25, 0.3) is 32.6 Å². The molecule has 108 valence electrons. The largest absolute Gasteiger partial charge is 0.343 e. The van der Waals surface area contributed by atoms with Gasteiger partial charge in [0.15, 0.2) is 6.29 Å². The van der Waals surface area contributed by atoms with Crippen LogP contribution in [0.3, 0.4) is 0 Å². The molecule has 2 aromatic carbocycles. The van der Waals surface area contributed by atoms with Gasteiger partial charge < -0.3 is 4.57 Å². The molecule has 0 aliphatic rings. The first-order chi connectivity index (χ1) is 10.6. The van der Waals surface area contributed by atoms with Crippen molar-refractivity contribution >= 4 is 38.9 Å². The first-order valence-electron chi connectivity index (χ1n) is 7.35. The second kappa shape index (κ2) is 4.41. The zero-order chi connectivity index (χ0) is 15.4. The number of aldehydes is 1. The SMILES string of the molecule is Cc1c2c(C=O)nccc2c(C)c2c1c1ccccc1n2C. The van der Waals surface area contributed by atoms with Gasteiger partial charge in [0.2, 0.25) is 0 Å². The molecule has 2 heterocycles. The van der Waals surface area contributed by atoms with E-state index in [-0.39, 0.29) is 0 Å². The van der Waals surface area contributed by atoms with Crippen LogP contribution in [0.15, 0.2) is 36.5 Å². The number of hydrogen-bond acceptors (Lipinski definition) is 2. The number of nitrogens with zero attached hydrogens (tertiary/aromatic N) is 2. The van der Waals surface area contributed by atoms with Crippen LogP contribution in [-0.2, 0) is 7.05 Å². The lowest BCUT2D eigenvalue weighted by atomic mass is 9.95. The summed E-state index contributed by atoms with van der Waals surface area (Å²) in [6.07, 6.45) is 2.57. The molecule has 0 unspecified atom stereocenters. The van der Waals surface area contributed by atoms with E-state index in [4.69, 9.17) is 0 Å². The van der Waals surface area contributed by atoms with Crippen LogP contribution >= 0.6 is 0 Å². The van der Waals surface area contributed by atoms with Crippen molar-refractivity contribution in [3.8, 4) is 0 Å². The van der Waals surface area contributed by atoms with E-state index in [0.717, 1.165) is 22.6 Å². The number of para-hydroxylation sites is 1. The van der Waals surface area contributed by atoms with Crippen LogP contribution in [-0.4, -0.2) is 15.8 Å². The molecule has 3 nitrogen and oxygen atoms in total. The lowest BCUT2D eigenvalue weighted by molar-refractivity contribution is 0.112. The Balaban J connectivity index is 2.43. The second-order valence-corrected chi connectivity index (χ2v) is 5.79. The Morgan fingerprint density at radius 3 is 2.55 bits per heavy atom. The summed E-state index contributed by atoms with van der Waals surface area (Å²) in [5.74, 6) is 0. The van der Waals surface area contributed by atoms with Gasteiger partial charge in [-0.15, -0.1) is 0 Å². The van der Waals surface area contributed by atoms with Crippen molar-refractivity contribution in [1.29, 1.82) is 0 Å². The fraction of sp³-hybridized carbons (Fsp3) is 0.158. The van der Waals surface area contributed by atoms with Crippen LogP contribution in [0.2, 0.25) is 0 Å². The maximum Gasteiger partial charge on any atom is 0.169 e. The van der Waals surface area contributed by atoms with Crippen molar-refractivity contribution in [3.63, 3.8) is 0 Å². The zero-order valence-corrected chi connectivity index (χ0v) is 12.8. The van der Waals surface area contributed by atoms with E-state index in [1.165, 1.54) is 27.4 Å². The summed E-state index contributed by atoms with van der Waals surface area (Å²) in [6, 6.07) is 10.4. The third-order valence-electron chi connectivity index (χ3n) is 4.71. The van der Waals surface area contributed by atoms with Gasteiger partial charge in [-0.1, -0.05) is 18.2 Å². The first kappa shape index (κ1) is 13.0. The number of aryl methyl sites for hydroxylation is 3. The first-order valence-corrected chi connectivity index (χ1v) is 7.35. The Morgan fingerprint density at radius 1 is 1.00 bits per heavy atom. The lowest BCUT2D eigenvalue weighted by Crippen LogP contribution is -1.96. The fourth-order valence-electron chi connectivity index (χ4n) is 3.74. The highest BCUT2D eigenvalue weighted by molar-refractivity contribution is 6.18. The highest BCUT2D eigenvalue weighted by Gasteiger charge is 2.18. The molecule has 0 amide bonds. The van der Waals surface area contributed by atoms with Crippen molar-refractivity contribution < 1.29 is 4.79 Å². The van der Waals surface area contributed by atoms with Crippen molar-refractivity contribution in [2.45, 2.75) is 13.8 Å². The Hall–Kier alpha value is -2.68. The average molecular weight is 288 g/mol. The minimum atomic E-state index is 0.521. The van der Waals surface area contributed by atoms with E-state index in [2.05, 4.69) is 54.7 Å². The Bertz CT molecular complexity index is 1070. The minimum absolute atomic E-state index is 0.521. The van der Waals surface area contributed by atoms with Crippen LogP contribution < -0.4 is 0 Å². The predicted molar refractivity (Wildman–Crippen MR) is 90.6 cm³/mol. The zero-order valence-electron chi connectivity index (χ0n) is 12.8. The number of hydrogen-bond donors (Lipinski definition) is 0. The molecule has 3 heteroatoms. The monoisotopic (exact) mass is 288 g/mol. The van der Waals surface area contributed by atoms with Crippen LogP contribution in [0.1, 0.15) is 21.6 Å². The maximum absolute atomic E-state index is 11.4. The highest BCUT2D eigenvalue weighted by atomic mass is 16.1. The molecule has 0 aliphatic carbocycles. The van der Waals surface area contributed by atoms with Gasteiger partial charge >= 0.3 is 0 Å². The summed E-state index contributed by atoms with van der Waals surface area (Å²) in [5.41, 5.74) is 5.28. The van der Waals surface area contributed by atoms with Crippen molar-refractivity contribution in [3.05, 3.63) is 53.3 Å². The van der Waals surface area contributed by atoms with E-state index in [1.54, 1.807) is 6.20 Å². The lowest BCUT2D eigenvalue weighted by Gasteiger charge is -2.11. The predicted octanol–water partition coefficient (Wildman–Crippen LogP) is 4.31. The number of fused-ring (bicyclic) bond motifs is 4. The molecule has 0 atom stereocenters. The average Bonchev–Trinajstić information content (AvgIpc) is 2.86. The molecule has 0 saturated carbocycles. The molecule has 0 N–H and O–H groups in total. The van der Waals surface area contributed by atoms with Gasteiger partial charge in [-0.05, 0) is 42.5 Å². The van der Waals surface area contributed by atoms with E-state index in [0.29, 0.717) is 5.69 Å². The number of rotatable bonds is 1. The summed E-state index contributed by atoms with van der Waals surface area (Å²) < 4.78 is 2.24. The smallest absolute Gasteiger partial charge is 0.169 e. The van der Waals surface area contributed by atoms with Crippen LogP contribution in [0.5, 0.6) is 0 Å². The van der Waals surface area contributed by atoms with Crippen LogP contribution in [0.4, 0.5) is 0 Å². The van der Waals surface area contributed by atoms with E-state index < -0.39 is 0 Å². The number of carbonyl (C=O) groups is 1. The van der Waals surface area contributed by atoms with Gasteiger partial charge in [-0.2, -0.15) is 0 Å². The van der Waals surface area contributed by atoms with E-state index >= 15 is 0 Å². The highest BCUT2D eigenvalue weighted by Crippen LogP contribution is 2.38. The summed E-state index contributed by atoms with van der Waals surface area (Å²) in [6.45, 7) is 4.21. The van der Waals surface area contributed by atoms with E-state index in [9.17, 15) is 4.79 Å². The maximum atomic E-state index is 11.4. The Labute approximate surface area is 128 Å². The molecule has 22 heavy (non-hydrogen) atoms. The fourth-order valence-corrected chi connectivity index (χ4v) is 3.74. The standard InChI is InChI=1S/C19H16N2O/c1-11-13-8-9-20-15(10-22)17(13)12(2)18-14-6-4-5-7-16(14)21(3)19(11)18/h4-10H,1-3H3. The number of pyridine rings is 1. The van der Waals surface area contributed by atoms with E-state index in [1.807, 2.05) is 6.07 Å². The summed E-state index contributed by atoms with van der Waals surface area (Å²) in [4.78, 5) is 15.7. The molecule has 0 bridgehead atoms. The molecular formula is C19H16N2O. The molecule has 0 fully saturated rings. The molecule has 0 radical (unpaired) electrons. The van der Waals surface area contributed by atoms with Gasteiger partial charge in [0.1, 0.15) is 5.69 Å². The third kappa shape index (κ3) is 1.45. The molecule has 0 aliphatic heterocycles. The van der Waals surface area contributed by atoms with Gasteiger partial charge in [0.05, 0.1) is 5.52 Å². The molecule has 4 aromatic rings. The van der Waals surface area contributed by atoms with Crippen molar-refractivity contribution in [1.82, 2.24) is 9.55 Å². The summed E-state index contributed by atoms with van der Waals surface area (Å²) in [7, 11) is 2.10. The molecular weight excluding hydrogens is 272 g/mol. The Kier molecular flexibility index (Phi) is 2.61. The van der Waals surface area contributed by atoms with Crippen LogP contribution in [0, 0.1) is 13.8 Å². The molecule has 0 spiro atoms. The van der Waals surface area contributed by atoms with Gasteiger partial charge in [0.25, 0.3) is 0 Å². The number of benzene rings is 2. The molecule has 2 aromatic heterocycles. The number of carbonyl (C=O) groups excluding carboxylic acids is 1. The quantitative estimate of drug-likeness (QED) is 0.489. The van der Waals surface area contributed by atoms with Gasteiger partial charge in [0, 0.05) is 34.9 Å². The van der Waals surface area contributed by atoms with Crippen molar-refractivity contribution in [2.24, 2.45) is 7.05 Å². The Morgan fingerprint density at radius 2 is 1.77 bits per heavy atom. The molecule has 0 saturated heterocycles. The normalized spacial score (nSPS) is 11.6. The third-order valence-corrected chi connectivity index (χ3v) is 4.71. The number of aromatic nitrogens is 2. The molecule has 4 rings (SSSR count). The minimum Gasteiger partial charge on any atom is -0.343 e. The summed E-state index contributed by atoms with van der Waals surface area (Å²) >= 11 is 0. The second-order valence-electron chi connectivity index (χ2n) is 5.79.